The van der Waals surface area contributed by atoms with E-state index >= 15 is 0 Å². The van der Waals surface area contributed by atoms with Gasteiger partial charge in [0.2, 0.25) is 10.0 Å². The first kappa shape index (κ1) is 21.5. The lowest BCUT2D eigenvalue weighted by molar-refractivity contribution is 0.0747. The van der Waals surface area contributed by atoms with Gasteiger partial charge in [0.15, 0.2) is 0 Å². The van der Waals surface area contributed by atoms with Crippen molar-refractivity contribution >= 4 is 33.0 Å². The Morgan fingerprint density at radius 1 is 0.903 bits per heavy atom. The first-order valence-corrected chi connectivity index (χ1v) is 12.1. The minimum atomic E-state index is -3.63. The van der Waals surface area contributed by atoms with E-state index < -0.39 is 10.0 Å². The Bertz CT molecular complexity index is 1040. The summed E-state index contributed by atoms with van der Waals surface area (Å²) in [6.07, 6.45) is 2.15. The first-order chi connectivity index (χ1) is 14.9. The fourth-order valence-corrected chi connectivity index (χ4v) is 4.98. The van der Waals surface area contributed by atoms with Crippen molar-refractivity contribution in [3.05, 3.63) is 48.0 Å². The van der Waals surface area contributed by atoms with Crippen molar-refractivity contribution in [1.29, 1.82) is 0 Å². The second-order valence-corrected chi connectivity index (χ2v) is 9.84. The van der Waals surface area contributed by atoms with E-state index in [9.17, 15) is 13.2 Å². The number of rotatable bonds is 5. The van der Waals surface area contributed by atoms with Crippen LogP contribution in [0.15, 0.2) is 47.4 Å². The summed E-state index contributed by atoms with van der Waals surface area (Å²) in [7, 11) is -2.25. The van der Waals surface area contributed by atoms with Gasteiger partial charge in [0.25, 0.3) is 5.91 Å². The van der Waals surface area contributed by atoms with Gasteiger partial charge in [-0.25, -0.2) is 13.1 Å². The molecule has 4 rings (SSSR count). The average molecular weight is 444 g/mol. The van der Waals surface area contributed by atoms with E-state index in [1.54, 1.807) is 12.1 Å². The summed E-state index contributed by atoms with van der Waals surface area (Å²) >= 11 is 0. The van der Waals surface area contributed by atoms with Crippen molar-refractivity contribution in [2.45, 2.75) is 17.7 Å². The predicted molar refractivity (Wildman–Crippen MR) is 123 cm³/mol. The lowest BCUT2D eigenvalue weighted by atomic mass is 10.1. The maximum absolute atomic E-state index is 13.5. The summed E-state index contributed by atoms with van der Waals surface area (Å²) < 4.78 is 27.0. The van der Waals surface area contributed by atoms with Gasteiger partial charge in [0, 0.05) is 56.3 Å². The Hall–Kier alpha value is -2.78. The van der Waals surface area contributed by atoms with Gasteiger partial charge in [-0.2, -0.15) is 0 Å². The van der Waals surface area contributed by atoms with E-state index in [2.05, 4.69) is 14.5 Å². The van der Waals surface area contributed by atoms with Gasteiger partial charge in [-0.05, 0) is 62.4 Å². The molecule has 2 aromatic rings. The number of benzene rings is 2. The van der Waals surface area contributed by atoms with Crippen LogP contribution in [0.25, 0.3) is 0 Å². The van der Waals surface area contributed by atoms with E-state index in [0.29, 0.717) is 31.7 Å². The summed E-state index contributed by atoms with van der Waals surface area (Å²) in [6, 6.07) is 12.6. The number of sulfonamides is 1. The molecule has 2 heterocycles. The molecule has 166 valence electrons. The van der Waals surface area contributed by atoms with Crippen LogP contribution in [0.3, 0.4) is 0 Å². The highest BCUT2D eigenvalue weighted by Gasteiger charge is 2.28. The summed E-state index contributed by atoms with van der Waals surface area (Å²) in [6.45, 7) is 4.33. The number of nitrogen functional groups attached to an aromatic ring is 1. The second-order valence-electron chi connectivity index (χ2n) is 7.95. The minimum Gasteiger partial charge on any atom is -0.399 e. The van der Waals surface area contributed by atoms with Gasteiger partial charge in [0.05, 0.1) is 10.5 Å². The van der Waals surface area contributed by atoms with Crippen molar-refractivity contribution in [1.82, 2.24) is 9.62 Å². The number of carbonyl (C=O) groups is 1. The number of hydrogen-bond donors (Lipinski definition) is 2. The van der Waals surface area contributed by atoms with Crippen LogP contribution in [-0.2, 0) is 10.0 Å². The third-order valence-electron chi connectivity index (χ3n) is 6.05. The molecule has 2 aromatic carbocycles. The molecule has 0 atom stereocenters. The molecule has 2 aliphatic heterocycles. The zero-order valence-corrected chi connectivity index (χ0v) is 18.6. The van der Waals surface area contributed by atoms with Crippen LogP contribution in [0.4, 0.5) is 17.1 Å². The number of nitrogens with one attached hydrogen (secondary N) is 1. The molecular weight excluding hydrogens is 414 g/mol. The van der Waals surface area contributed by atoms with Crippen molar-refractivity contribution in [3.63, 3.8) is 0 Å². The molecule has 1 amide bonds. The number of nitrogens with zero attached hydrogens (tertiary/aromatic N) is 3. The Morgan fingerprint density at radius 2 is 1.55 bits per heavy atom. The third-order valence-corrected chi connectivity index (χ3v) is 7.46. The minimum absolute atomic E-state index is 0.113. The van der Waals surface area contributed by atoms with Crippen molar-refractivity contribution < 1.29 is 13.2 Å². The van der Waals surface area contributed by atoms with Gasteiger partial charge in [0.1, 0.15) is 0 Å². The maximum Gasteiger partial charge on any atom is 0.256 e. The Morgan fingerprint density at radius 3 is 2.16 bits per heavy atom. The van der Waals surface area contributed by atoms with Gasteiger partial charge < -0.3 is 20.4 Å². The van der Waals surface area contributed by atoms with Crippen LogP contribution in [-0.4, -0.2) is 65.5 Å². The van der Waals surface area contributed by atoms with E-state index in [1.165, 1.54) is 13.1 Å². The number of hydrogen-bond acceptors (Lipinski definition) is 6. The number of anilines is 3. The smallest absolute Gasteiger partial charge is 0.256 e. The highest BCUT2D eigenvalue weighted by molar-refractivity contribution is 7.89. The molecule has 3 N–H and O–H groups in total. The van der Waals surface area contributed by atoms with Crippen LogP contribution < -0.4 is 20.3 Å². The quantitative estimate of drug-likeness (QED) is 0.683. The molecule has 0 aliphatic carbocycles. The SMILES string of the molecule is CNS(=O)(=O)c1ccc(N2CCCC2)c(C(=O)N2CCN(c3ccc(N)cc3)CC2)c1. The average Bonchev–Trinajstić information content (AvgIpc) is 3.34. The van der Waals surface area contributed by atoms with Crippen LogP contribution in [0, 0.1) is 0 Å². The number of nitrogens with two attached hydrogens (primary N) is 1. The molecule has 0 aromatic heterocycles. The van der Waals surface area contributed by atoms with E-state index in [4.69, 9.17) is 5.73 Å². The van der Waals surface area contributed by atoms with Crippen LogP contribution in [0.5, 0.6) is 0 Å². The van der Waals surface area contributed by atoms with Gasteiger partial charge >= 0.3 is 0 Å². The van der Waals surface area contributed by atoms with Crippen molar-refractivity contribution in [2.75, 3.05) is 61.8 Å². The van der Waals surface area contributed by atoms with Gasteiger partial charge in [-0.15, -0.1) is 0 Å². The van der Waals surface area contributed by atoms with Crippen molar-refractivity contribution in [3.8, 4) is 0 Å². The monoisotopic (exact) mass is 443 g/mol. The number of piperazine rings is 1. The fraction of sp³-hybridized carbons (Fsp3) is 0.409. The molecule has 2 aliphatic rings. The number of carbonyl (C=O) groups excluding carboxylic acids is 1. The summed E-state index contributed by atoms with van der Waals surface area (Å²) in [5.74, 6) is -0.119. The predicted octanol–water partition coefficient (Wildman–Crippen LogP) is 1.74. The van der Waals surface area contributed by atoms with Crippen LogP contribution in [0.1, 0.15) is 23.2 Å². The zero-order chi connectivity index (χ0) is 22.0. The molecule has 31 heavy (non-hydrogen) atoms. The maximum atomic E-state index is 13.5. The second kappa shape index (κ2) is 8.76. The molecule has 0 bridgehead atoms. The first-order valence-electron chi connectivity index (χ1n) is 10.6. The molecule has 9 heteroatoms. The van der Waals surface area contributed by atoms with Gasteiger partial charge in [-0.3, -0.25) is 4.79 Å². The van der Waals surface area contributed by atoms with Crippen LogP contribution >= 0.6 is 0 Å². The largest absolute Gasteiger partial charge is 0.399 e. The summed E-state index contributed by atoms with van der Waals surface area (Å²) in [5, 5.41) is 0. The summed E-state index contributed by atoms with van der Waals surface area (Å²) in [5.41, 5.74) is 8.86. The van der Waals surface area contributed by atoms with Crippen molar-refractivity contribution in [2.24, 2.45) is 0 Å². The molecule has 0 spiro atoms. The third kappa shape index (κ3) is 4.47. The molecule has 8 nitrogen and oxygen atoms in total. The van der Waals surface area contributed by atoms with Gasteiger partial charge in [-0.1, -0.05) is 0 Å². The highest BCUT2D eigenvalue weighted by atomic mass is 32.2. The van der Waals surface area contributed by atoms with E-state index in [1.807, 2.05) is 29.2 Å². The van der Waals surface area contributed by atoms with E-state index in [0.717, 1.165) is 43.0 Å². The molecule has 0 saturated carbocycles. The lowest BCUT2D eigenvalue weighted by Gasteiger charge is -2.36. The summed E-state index contributed by atoms with van der Waals surface area (Å²) in [4.78, 5) is 19.8. The highest BCUT2D eigenvalue weighted by Crippen LogP contribution is 2.29. The molecule has 0 radical (unpaired) electrons. The topological polar surface area (TPSA) is 99.0 Å². The Labute approximate surface area is 183 Å². The lowest BCUT2D eigenvalue weighted by Crippen LogP contribution is -2.49. The molecular formula is C22H29N5O3S. The number of amides is 1. The fourth-order valence-electron chi connectivity index (χ4n) is 4.23. The standard InChI is InChI=1S/C22H29N5O3S/c1-24-31(29,30)19-8-9-21(26-10-2-3-11-26)20(16-19)22(28)27-14-12-25(13-15-27)18-6-4-17(23)5-7-18/h4-9,16,24H,2-3,10-15,23H2,1H3. The molecule has 2 fully saturated rings. The Balaban J connectivity index is 1.56. The van der Waals surface area contributed by atoms with Crippen LogP contribution in [0.2, 0.25) is 0 Å². The normalized spacial score (nSPS) is 17.3. The Kier molecular flexibility index (Phi) is 6.06. The molecule has 2 saturated heterocycles. The van der Waals surface area contributed by atoms with E-state index in [-0.39, 0.29) is 10.8 Å². The zero-order valence-electron chi connectivity index (χ0n) is 17.8. The molecule has 0 unspecified atom stereocenters.